The van der Waals surface area contributed by atoms with Gasteiger partial charge in [0.15, 0.2) is 6.61 Å². The maximum absolute atomic E-state index is 12.6. The molecule has 2 aliphatic heterocycles. The van der Waals surface area contributed by atoms with Crippen LogP contribution in [0.5, 0.6) is 0 Å². The van der Waals surface area contributed by atoms with E-state index in [2.05, 4.69) is 10.1 Å². The zero-order valence-electron chi connectivity index (χ0n) is 18.4. The van der Waals surface area contributed by atoms with Crippen molar-refractivity contribution < 1.29 is 37.1 Å². The van der Waals surface area contributed by atoms with Crippen molar-refractivity contribution in [3.8, 4) is 0 Å². The molecule has 0 spiro atoms. The van der Waals surface area contributed by atoms with Gasteiger partial charge in [-0.2, -0.15) is 13.2 Å². The number of halogens is 3. The number of rotatable bonds is 6. The number of aryl methyl sites for hydroxylation is 1. The molecule has 0 unspecified atom stereocenters. The summed E-state index contributed by atoms with van der Waals surface area (Å²) in [5.41, 5.74) is 1.88. The fraction of sp³-hybridized carbons (Fsp3) is 0.455. The van der Waals surface area contributed by atoms with Gasteiger partial charge in [-0.25, -0.2) is 4.79 Å². The van der Waals surface area contributed by atoms with Crippen LogP contribution in [-0.2, 0) is 14.3 Å². The fourth-order valence-electron chi connectivity index (χ4n) is 3.50. The smallest absolute Gasteiger partial charge is 0.422 e. The number of carbonyl (C=O) groups is 4. The molecular formula is C22H24F3N3O5S. The molecule has 34 heavy (non-hydrogen) atoms. The van der Waals surface area contributed by atoms with Crippen LogP contribution in [0.2, 0.25) is 0 Å². The second-order valence-electron chi connectivity index (χ2n) is 7.97. The first-order chi connectivity index (χ1) is 16.0. The number of ether oxygens (including phenoxy) is 1. The number of piperidine rings is 1. The highest BCUT2D eigenvalue weighted by atomic mass is 32.2. The molecule has 2 fully saturated rings. The lowest BCUT2D eigenvalue weighted by Crippen LogP contribution is -2.45. The standard InChI is InChI=1S/C22H24F3N3O5S/c1-14-2-4-15(5-3-14)12-17-19(30)28(21(32)34-17)11-8-26-18(29)16-6-9-27(10-7-16)20(31)33-13-22(23,24)25/h2-5,12,16H,6-11,13H2,1H3,(H,26,29)/b17-12-. The molecule has 4 amide bonds. The molecule has 3 rings (SSSR count). The lowest BCUT2D eigenvalue weighted by molar-refractivity contribution is -0.162. The predicted molar refractivity (Wildman–Crippen MR) is 119 cm³/mol. The largest absolute Gasteiger partial charge is 0.440 e. The molecule has 2 aliphatic rings. The van der Waals surface area contributed by atoms with E-state index in [1.807, 2.05) is 31.2 Å². The predicted octanol–water partition coefficient (Wildman–Crippen LogP) is 3.56. The van der Waals surface area contributed by atoms with Gasteiger partial charge in [0.05, 0.1) is 4.91 Å². The van der Waals surface area contributed by atoms with E-state index < -0.39 is 35.9 Å². The Kier molecular flexibility index (Phi) is 8.24. The number of nitrogens with one attached hydrogen (secondary N) is 1. The molecule has 2 heterocycles. The van der Waals surface area contributed by atoms with Crippen LogP contribution in [0.1, 0.15) is 24.0 Å². The van der Waals surface area contributed by atoms with Gasteiger partial charge >= 0.3 is 12.3 Å². The summed E-state index contributed by atoms with van der Waals surface area (Å²) in [5, 5.41) is 2.27. The van der Waals surface area contributed by atoms with Crippen molar-refractivity contribution in [2.45, 2.75) is 25.9 Å². The fourth-order valence-corrected chi connectivity index (χ4v) is 4.37. The SMILES string of the molecule is Cc1ccc(/C=C2\SC(=O)N(CCNC(=O)C3CCN(C(=O)OCC(F)(F)F)CC3)C2=O)cc1. The van der Waals surface area contributed by atoms with Crippen molar-refractivity contribution in [1.82, 2.24) is 15.1 Å². The van der Waals surface area contributed by atoms with E-state index in [-0.39, 0.29) is 44.9 Å². The van der Waals surface area contributed by atoms with Gasteiger partial charge in [0.2, 0.25) is 5.91 Å². The van der Waals surface area contributed by atoms with E-state index in [9.17, 15) is 32.3 Å². The average molecular weight is 500 g/mol. The topological polar surface area (TPSA) is 96.0 Å². The second-order valence-corrected chi connectivity index (χ2v) is 8.96. The highest BCUT2D eigenvalue weighted by molar-refractivity contribution is 8.18. The Hall–Kier alpha value is -3.02. The summed E-state index contributed by atoms with van der Waals surface area (Å²) in [5.74, 6) is -1.15. The Morgan fingerprint density at radius 3 is 2.44 bits per heavy atom. The van der Waals surface area contributed by atoms with Gasteiger partial charge in [-0.1, -0.05) is 29.8 Å². The van der Waals surface area contributed by atoms with E-state index in [4.69, 9.17) is 0 Å². The Morgan fingerprint density at radius 1 is 1.18 bits per heavy atom. The van der Waals surface area contributed by atoms with E-state index in [1.165, 1.54) is 0 Å². The summed E-state index contributed by atoms with van der Waals surface area (Å²) in [7, 11) is 0. The first-order valence-electron chi connectivity index (χ1n) is 10.6. The molecule has 0 saturated carbocycles. The Labute approximate surface area is 198 Å². The Bertz CT molecular complexity index is 973. The van der Waals surface area contributed by atoms with Crippen LogP contribution in [0.4, 0.5) is 22.8 Å². The van der Waals surface area contributed by atoms with Crippen molar-refractivity contribution in [2.24, 2.45) is 5.92 Å². The minimum Gasteiger partial charge on any atom is -0.440 e. The van der Waals surface area contributed by atoms with Crippen LogP contribution in [-0.4, -0.2) is 71.9 Å². The van der Waals surface area contributed by atoms with Crippen LogP contribution in [0, 0.1) is 12.8 Å². The van der Waals surface area contributed by atoms with Crippen LogP contribution >= 0.6 is 11.8 Å². The van der Waals surface area contributed by atoms with E-state index in [0.29, 0.717) is 4.91 Å². The van der Waals surface area contributed by atoms with Crippen LogP contribution in [0.25, 0.3) is 6.08 Å². The number of carbonyl (C=O) groups excluding carboxylic acids is 4. The Balaban J connectivity index is 1.42. The minimum absolute atomic E-state index is 0.0181. The third kappa shape index (κ3) is 6.99. The third-order valence-electron chi connectivity index (χ3n) is 5.37. The summed E-state index contributed by atoms with van der Waals surface area (Å²) >= 11 is 0.842. The molecule has 0 aliphatic carbocycles. The summed E-state index contributed by atoms with van der Waals surface area (Å²) in [6.45, 7) is 0.582. The van der Waals surface area contributed by atoms with Gasteiger partial charge in [-0.15, -0.1) is 0 Å². The first kappa shape index (κ1) is 25.6. The van der Waals surface area contributed by atoms with Gasteiger partial charge in [0.25, 0.3) is 11.1 Å². The van der Waals surface area contributed by atoms with Gasteiger partial charge in [0, 0.05) is 32.1 Å². The highest BCUT2D eigenvalue weighted by Gasteiger charge is 2.35. The highest BCUT2D eigenvalue weighted by Crippen LogP contribution is 2.32. The number of likely N-dealkylation sites (tertiary alicyclic amines) is 1. The minimum atomic E-state index is -4.60. The number of hydrogen-bond donors (Lipinski definition) is 1. The normalized spacial score (nSPS) is 18.5. The molecule has 0 aromatic heterocycles. The van der Waals surface area contributed by atoms with Crippen LogP contribution in [0.15, 0.2) is 29.2 Å². The maximum atomic E-state index is 12.6. The molecule has 12 heteroatoms. The van der Waals surface area contributed by atoms with Crippen molar-refractivity contribution in [3.63, 3.8) is 0 Å². The molecule has 1 aromatic rings. The van der Waals surface area contributed by atoms with E-state index in [1.54, 1.807) is 6.08 Å². The van der Waals surface area contributed by atoms with Gasteiger partial charge in [-0.05, 0) is 43.2 Å². The van der Waals surface area contributed by atoms with E-state index in [0.717, 1.165) is 32.7 Å². The molecule has 8 nitrogen and oxygen atoms in total. The van der Waals surface area contributed by atoms with Crippen molar-refractivity contribution in [1.29, 1.82) is 0 Å². The van der Waals surface area contributed by atoms with Crippen molar-refractivity contribution in [2.75, 3.05) is 32.8 Å². The first-order valence-corrected chi connectivity index (χ1v) is 11.4. The number of benzene rings is 1. The number of thioether (sulfide) groups is 1. The van der Waals surface area contributed by atoms with Crippen LogP contribution < -0.4 is 5.32 Å². The second kappa shape index (κ2) is 10.9. The number of imide groups is 1. The summed E-state index contributed by atoms with van der Waals surface area (Å²) in [6, 6.07) is 7.51. The van der Waals surface area contributed by atoms with Gasteiger partial charge in [-0.3, -0.25) is 19.3 Å². The molecule has 0 atom stereocenters. The third-order valence-corrected chi connectivity index (χ3v) is 6.27. The number of alkyl halides is 3. The zero-order valence-corrected chi connectivity index (χ0v) is 19.2. The quantitative estimate of drug-likeness (QED) is 0.602. The summed E-state index contributed by atoms with van der Waals surface area (Å²) < 4.78 is 40.7. The average Bonchev–Trinajstić information content (AvgIpc) is 3.05. The number of nitrogens with zero attached hydrogens (tertiary/aromatic N) is 2. The molecule has 1 N–H and O–H groups in total. The zero-order chi connectivity index (χ0) is 24.9. The van der Waals surface area contributed by atoms with Crippen molar-refractivity contribution in [3.05, 3.63) is 40.3 Å². The summed E-state index contributed by atoms with van der Waals surface area (Å²) in [6.07, 6.45) is -3.46. The van der Waals surface area contributed by atoms with Crippen LogP contribution in [0.3, 0.4) is 0 Å². The van der Waals surface area contributed by atoms with Gasteiger partial charge in [0.1, 0.15) is 0 Å². The lowest BCUT2D eigenvalue weighted by atomic mass is 9.96. The monoisotopic (exact) mass is 499 g/mol. The maximum Gasteiger partial charge on any atom is 0.422 e. The Morgan fingerprint density at radius 2 is 1.82 bits per heavy atom. The molecule has 0 bridgehead atoms. The van der Waals surface area contributed by atoms with Gasteiger partial charge < -0.3 is 15.0 Å². The molecule has 2 saturated heterocycles. The van der Waals surface area contributed by atoms with Crippen molar-refractivity contribution >= 4 is 41.0 Å². The molecule has 184 valence electrons. The van der Waals surface area contributed by atoms with E-state index >= 15 is 0 Å². The lowest BCUT2D eigenvalue weighted by Gasteiger charge is -2.30. The number of hydrogen-bond acceptors (Lipinski definition) is 6. The molecule has 0 radical (unpaired) electrons. The summed E-state index contributed by atoms with van der Waals surface area (Å²) in [4.78, 5) is 51.4. The molecular weight excluding hydrogens is 475 g/mol. The molecule has 1 aromatic carbocycles. The number of amides is 4.